The lowest BCUT2D eigenvalue weighted by Crippen LogP contribution is -2.19. The third kappa shape index (κ3) is 2.52. The number of hydrogen-bond acceptors (Lipinski definition) is 1. The average molecular weight is 227 g/mol. The first-order valence-corrected chi connectivity index (χ1v) is 6.51. The van der Waals surface area contributed by atoms with E-state index in [-0.39, 0.29) is 5.41 Å². The molecule has 1 aromatic carbocycles. The van der Waals surface area contributed by atoms with Crippen molar-refractivity contribution < 1.29 is 0 Å². The van der Waals surface area contributed by atoms with Gasteiger partial charge < -0.3 is 0 Å². The molecule has 2 rings (SSSR count). The Morgan fingerprint density at radius 1 is 1.29 bits per heavy atom. The molecule has 0 radical (unpaired) electrons. The maximum absolute atomic E-state index is 9.21. The van der Waals surface area contributed by atoms with E-state index in [1.807, 2.05) is 0 Å². The zero-order valence-electron chi connectivity index (χ0n) is 11.0. The summed E-state index contributed by atoms with van der Waals surface area (Å²) in [5.74, 6) is 1.21. The van der Waals surface area contributed by atoms with Gasteiger partial charge in [-0.2, -0.15) is 5.26 Å². The summed E-state index contributed by atoms with van der Waals surface area (Å²) >= 11 is 0. The Hall–Kier alpha value is -1.29. The van der Waals surface area contributed by atoms with Crippen molar-refractivity contribution >= 4 is 0 Å². The van der Waals surface area contributed by atoms with Crippen LogP contribution in [0.1, 0.15) is 50.2 Å². The van der Waals surface area contributed by atoms with Crippen LogP contribution in [-0.4, -0.2) is 0 Å². The minimum Gasteiger partial charge on any atom is -0.198 e. The summed E-state index contributed by atoms with van der Waals surface area (Å²) in [6, 6.07) is 11.3. The zero-order valence-corrected chi connectivity index (χ0v) is 11.0. The molecule has 0 saturated heterocycles. The number of rotatable bonds is 2. The molecule has 0 unspecified atom stereocenters. The minimum atomic E-state index is -0.168. The van der Waals surface area contributed by atoms with Gasteiger partial charge in [0.1, 0.15) is 0 Å². The summed E-state index contributed by atoms with van der Waals surface area (Å²) in [7, 11) is 0. The number of benzene rings is 1. The van der Waals surface area contributed by atoms with Crippen molar-refractivity contribution in [3.8, 4) is 6.07 Å². The highest BCUT2D eigenvalue weighted by Crippen LogP contribution is 2.46. The van der Waals surface area contributed by atoms with Gasteiger partial charge in [-0.25, -0.2) is 0 Å². The Labute approximate surface area is 104 Å². The van der Waals surface area contributed by atoms with Gasteiger partial charge in [0.2, 0.25) is 0 Å². The van der Waals surface area contributed by atoms with Crippen molar-refractivity contribution in [3.05, 3.63) is 35.4 Å². The van der Waals surface area contributed by atoms with Gasteiger partial charge in [0.05, 0.1) is 11.5 Å². The van der Waals surface area contributed by atoms with Crippen molar-refractivity contribution in [2.45, 2.75) is 46.0 Å². The molecule has 0 aliphatic heterocycles. The first kappa shape index (κ1) is 12.2. The second kappa shape index (κ2) is 4.53. The summed E-state index contributed by atoms with van der Waals surface area (Å²) in [4.78, 5) is 0. The lowest BCUT2D eigenvalue weighted by Gasteiger charge is -2.23. The maximum atomic E-state index is 9.21. The van der Waals surface area contributed by atoms with Crippen LogP contribution in [0.15, 0.2) is 24.3 Å². The Balaban J connectivity index is 2.11. The highest BCUT2D eigenvalue weighted by molar-refractivity contribution is 5.26. The smallest absolute Gasteiger partial charge is 0.0686 e. The number of hydrogen-bond donors (Lipinski definition) is 0. The van der Waals surface area contributed by atoms with Crippen molar-refractivity contribution in [2.24, 2.45) is 11.3 Å². The largest absolute Gasteiger partial charge is 0.198 e. The topological polar surface area (TPSA) is 23.8 Å². The van der Waals surface area contributed by atoms with Gasteiger partial charge in [0.15, 0.2) is 0 Å². The number of nitrogens with zero attached hydrogens (tertiary/aromatic N) is 1. The molecular weight excluding hydrogens is 206 g/mol. The monoisotopic (exact) mass is 227 g/mol. The van der Waals surface area contributed by atoms with Gasteiger partial charge in [-0.3, -0.25) is 0 Å². The minimum absolute atomic E-state index is 0.168. The molecular formula is C16H21N. The predicted molar refractivity (Wildman–Crippen MR) is 70.7 cm³/mol. The van der Waals surface area contributed by atoms with Crippen molar-refractivity contribution in [1.82, 2.24) is 0 Å². The van der Waals surface area contributed by atoms with Crippen molar-refractivity contribution in [1.29, 1.82) is 5.26 Å². The molecule has 0 aromatic heterocycles. The second-order valence-electron chi connectivity index (χ2n) is 5.95. The van der Waals surface area contributed by atoms with Crippen LogP contribution in [0, 0.1) is 29.6 Å². The van der Waals surface area contributed by atoms with Crippen molar-refractivity contribution in [3.63, 3.8) is 0 Å². The van der Waals surface area contributed by atoms with Crippen LogP contribution in [-0.2, 0) is 0 Å². The van der Waals surface area contributed by atoms with Crippen LogP contribution in [0.3, 0.4) is 0 Å². The summed E-state index contributed by atoms with van der Waals surface area (Å²) in [5.41, 5.74) is 2.63. The van der Waals surface area contributed by atoms with Crippen LogP contribution in [0.25, 0.3) is 0 Å². The van der Waals surface area contributed by atoms with Gasteiger partial charge >= 0.3 is 0 Å². The van der Waals surface area contributed by atoms with Crippen LogP contribution >= 0.6 is 0 Å². The summed E-state index contributed by atoms with van der Waals surface area (Å²) < 4.78 is 0. The molecule has 1 aromatic rings. The van der Waals surface area contributed by atoms with E-state index in [0.29, 0.717) is 11.8 Å². The van der Waals surface area contributed by atoms with E-state index in [0.717, 1.165) is 0 Å². The van der Waals surface area contributed by atoms with E-state index in [9.17, 15) is 5.26 Å². The van der Waals surface area contributed by atoms with Crippen LogP contribution in [0.4, 0.5) is 0 Å². The van der Waals surface area contributed by atoms with Gasteiger partial charge in [-0.05, 0) is 57.4 Å². The molecule has 0 N–H and O–H groups in total. The Morgan fingerprint density at radius 2 is 2.06 bits per heavy atom. The highest BCUT2D eigenvalue weighted by atomic mass is 14.4. The van der Waals surface area contributed by atoms with Gasteiger partial charge in [0.25, 0.3) is 0 Å². The molecule has 1 heteroatoms. The molecule has 1 aliphatic rings. The van der Waals surface area contributed by atoms with Crippen LogP contribution in [0.2, 0.25) is 0 Å². The number of aryl methyl sites for hydroxylation is 1. The highest BCUT2D eigenvalue weighted by Gasteiger charge is 2.36. The molecule has 1 aliphatic carbocycles. The fraction of sp³-hybridized carbons (Fsp3) is 0.562. The molecule has 1 fully saturated rings. The van der Waals surface area contributed by atoms with E-state index in [4.69, 9.17) is 0 Å². The lowest BCUT2D eigenvalue weighted by molar-refractivity contribution is 0.297. The molecule has 2 atom stereocenters. The molecule has 0 amide bonds. The average Bonchev–Trinajstić information content (AvgIpc) is 2.79. The van der Waals surface area contributed by atoms with Gasteiger partial charge in [-0.1, -0.05) is 29.8 Å². The van der Waals surface area contributed by atoms with E-state index in [2.05, 4.69) is 51.1 Å². The van der Waals surface area contributed by atoms with Crippen LogP contribution < -0.4 is 0 Å². The van der Waals surface area contributed by atoms with Crippen molar-refractivity contribution in [2.75, 3.05) is 0 Å². The summed E-state index contributed by atoms with van der Waals surface area (Å²) in [6.45, 7) is 6.31. The van der Waals surface area contributed by atoms with Crippen LogP contribution in [0.5, 0.6) is 0 Å². The maximum Gasteiger partial charge on any atom is 0.0686 e. The summed E-state index contributed by atoms with van der Waals surface area (Å²) in [6.07, 6.45) is 3.60. The Kier molecular flexibility index (Phi) is 3.24. The Bertz CT molecular complexity index is 439. The molecule has 1 nitrogen and oxygen atoms in total. The first-order chi connectivity index (χ1) is 8.03. The van der Waals surface area contributed by atoms with Gasteiger partial charge in [-0.15, -0.1) is 0 Å². The van der Waals surface area contributed by atoms with E-state index >= 15 is 0 Å². The molecule has 0 bridgehead atoms. The number of nitriles is 1. The SMILES string of the molecule is Cc1cccc([C@@H]2CC[C@H](C(C)(C)C#N)C2)c1. The third-order valence-electron chi connectivity index (χ3n) is 4.25. The van der Waals surface area contributed by atoms with E-state index in [1.54, 1.807) is 0 Å². The first-order valence-electron chi connectivity index (χ1n) is 6.51. The fourth-order valence-corrected chi connectivity index (χ4v) is 2.96. The lowest BCUT2D eigenvalue weighted by atomic mass is 9.78. The quantitative estimate of drug-likeness (QED) is 0.733. The molecule has 0 heterocycles. The molecule has 0 spiro atoms. The molecule has 17 heavy (non-hydrogen) atoms. The van der Waals surface area contributed by atoms with E-state index in [1.165, 1.54) is 30.4 Å². The predicted octanol–water partition coefficient (Wildman–Crippen LogP) is 4.43. The van der Waals surface area contributed by atoms with E-state index < -0.39 is 0 Å². The molecule has 90 valence electrons. The fourth-order valence-electron chi connectivity index (χ4n) is 2.96. The zero-order chi connectivity index (χ0) is 12.5. The normalized spacial score (nSPS) is 24.6. The standard InChI is InChI=1S/C16H21N/c1-12-5-4-6-13(9-12)14-7-8-15(10-14)16(2,3)11-17/h4-6,9,14-15H,7-8,10H2,1-3H3/t14-,15+/m1/s1. The second-order valence-corrected chi connectivity index (χ2v) is 5.95. The van der Waals surface area contributed by atoms with Gasteiger partial charge in [0, 0.05) is 0 Å². The summed E-state index contributed by atoms with van der Waals surface area (Å²) in [5, 5.41) is 9.21. The Morgan fingerprint density at radius 3 is 2.71 bits per heavy atom. The third-order valence-corrected chi connectivity index (χ3v) is 4.25. The molecule has 1 saturated carbocycles.